The van der Waals surface area contributed by atoms with Crippen LogP contribution in [0.3, 0.4) is 0 Å². The number of nitrogens with two attached hydrogens (primary N) is 1. The van der Waals surface area contributed by atoms with Crippen molar-refractivity contribution in [2.24, 2.45) is 0 Å². The molecule has 2 rings (SSSR count). The van der Waals surface area contributed by atoms with E-state index in [1.165, 1.54) is 4.68 Å². The summed E-state index contributed by atoms with van der Waals surface area (Å²) in [5.41, 5.74) is 6.70. The summed E-state index contributed by atoms with van der Waals surface area (Å²) in [7, 11) is 0. The first-order valence-corrected chi connectivity index (χ1v) is 5.49. The summed E-state index contributed by atoms with van der Waals surface area (Å²) < 4.78 is 2.19. The Labute approximate surface area is 105 Å². The number of nitrogen functional groups attached to an aromatic ring is 1. The maximum atomic E-state index is 8.97. The number of hydrogen-bond donors (Lipinski definition) is 1. The van der Waals surface area contributed by atoms with Crippen LogP contribution in [0.4, 0.5) is 5.82 Å². The zero-order chi connectivity index (χ0) is 11.7. The van der Waals surface area contributed by atoms with Crippen molar-refractivity contribution in [1.29, 1.82) is 5.26 Å². The Hall–Kier alpha value is -1.51. The van der Waals surface area contributed by atoms with Crippen LogP contribution in [0.15, 0.2) is 28.9 Å². The number of benzene rings is 1. The lowest BCUT2D eigenvalue weighted by Gasteiger charge is -2.03. The highest BCUT2D eigenvalue weighted by molar-refractivity contribution is 9.10. The highest BCUT2D eigenvalue weighted by Gasteiger charge is 2.09. The second-order valence-electron chi connectivity index (χ2n) is 3.08. The zero-order valence-corrected chi connectivity index (χ0v) is 10.3. The first kappa shape index (κ1) is 11.0. The van der Waals surface area contributed by atoms with E-state index in [9.17, 15) is 0 Å². The van der Waals surface area contributed by atoms with Gasteiger partial charge in [-0.3, -0.25) is 0 Å². The molecule has 0 aliphatic rings. The van der Waals surface area contributed by atoms with Crippen molar-refractivity contribution in [3.8, 4) is 11.8 Å². The fourth-order valence-electron chi connectivity index (χ4n) is 1.28. The molecule has 0 amide bonds. The molecule has 16 heavy (non-hydrogen) atoms. The molecule has 1 heterocycles. The van der Waals surface area contributed by atoms with Gasteiger partial charge in [0.05, 0.1) is 15.7 Å². The van der Waals surface area contributed by atoms with E-state index in [0.29, 0.717) is 26.6 Å². The molecule has 0 saturated carbocycles. The fourth-order valence-corrected chi connectivity index (χ4v) is 1.72. The smallest absolute Gasteiger partial charge is 0.160 e. The molecule has 4 nitrogen and oxygen atoms in total. The van der Waals surface area contributed by atoms with Gasteiger partial charge in [0.2, 0.25) is 0 Å². The largest absolute Gasteiger partial charge is 0.381 e. The number of anilines is 1. The Balaban J connectivity index is 2.63. The zero-order valence-electron chi connectivity index (χ0n) is 7.98. The number of nitrogens with zero attached hydrogens (tertiary/aromatic N) is 3. The van der Waals surface area contributed by atoms with Gasteiger partial charge in [0, 0.05) is 11.2 Å². The number of aromatic nitrogens is 2. The van der Waals surface area contributed by atoms with E-state index >= 15 is 0 Å². The number of halogens is 2. The number of rotatable bonds is 1. The van der Waals surface area contributed by atoms with Gasteiger partial charge in [-0.15, -0.1) is 5.10 Å². The Morgan fingerprint density at radius 3 is 2.81 bits per heavy atom. The van der Waals surface area contributed by atoms with Gasteiger partial charge in [-0.05, 0) is 34.1 Å². The predicted molar refractivity (Wildman–Crippen MR) is 65.4 cm³/mol. The van der Waals surface area contributed by atoms with Crippen LogP contribution in [0.1, 0.15) is 5.56 Å². The molecule has 0 unspecified atom stereocenters. The molecule has 0 atom stereocenters. The third-order valence-electron chi connectivity index (χ3n) is 2.02. The molecule has 0 radical (unpaired) electrons. The Bertz CT molecular complexity index is 565. The van der Waals surface area contributed by atoms with Gasteiger partial charge in [0.1, 0.15) is 6.07 Å². The Kier molecular flexibility index (Phi) is 2.86. The molecular formula is C10H6BrClN4. The molecule has 2 aromatic rings. The molecule has 1 aromatic heterocycles. The Morgan fingerprint density at radius 2 is 2.25 bits per heavy atom. The van der Waals surface area contributed by atoms with Crippen LogP contribution in [-0.4, -0.2) is 9.78 Å². The standard InChI is InChI=1S/C10H6BrClN4/c11-8-5-16(15-10(8)14)9-3-7(12)2-1-6(9)4-13/h1-3,5H,(H2,14,15). The SMILES string of the molecule is N#Cc1ccc(Cl)cc1-n1cc(Br)c(N)n1. The molecule has 0 aliphatic carbocycles. The monoisotopic (exact) mass is 296 g/mol. The van der Waals surface area contributed by atoms with E-state index in [0.717, 1.165) is 0 Å². The minimum Gasteiger partial charge on any atom is -0.381 e. The summed E-state index contributed by atoms with van der Waals surface area (Å²) in [6, 6.07) is 7.04. The topological polar surface area (TPSA) is 67.6 Å². The second-order valence-corrected chi connectivity index (χ2v) is 4.37. The number of hydrogen-bond acceptors (Lipinski definition) is 3. The van der Waals surface area contributed by atoms with Crippen LogP contribution in [0, 0.1) is 11.3 Å². The maximum Gasteiger partial charge on any atom is 0.160 e. The van der Waals surface area contributed by atoms with E-state index in [1.807, 2.05) is 0 Å². The summed E-state index contributed by atoms with van der Waals surface area (Å²) in [6.07, 6.45) is 1.68. The van der Waals surface area contributed by atoms with Crippen LogP contribution >= 0.6 is 27.5 Å². The van der Waals surface area contributed by atoms with Crippen molar-refractivity contribution < 1.29 is 0 Å². The van der Waals surface area contributed by atoms with Crippen molar-refractivity contribution in [1.82, 2.24) is 9.78 Å². The highest BCUT2D eigenvalue weighted by atomic mass is 79.9. The van der Waals surface area contributed by atoms with Gasteiger partial charge in [0.25, 0.3) is 0 Å². The van der Waals surface area contributed by atoms with Crippen LogP contribution in [0.25, 0.3) is 5.69 Å². The van der Waals surface area contributed by atoms with E-state index < -0.39 is 0 Å². The molecule has 80 valence electrons. The van der Waals surface area contributed by atoms with Gasteiger partial charge in [0.15, 0.2) is 5.82 Å². The lowest BCUT2D eigenvalue weighted by molar-refractivity contribution is 0.882. The molecule has 0 bridgehead atoms. The van der Waals surface area contributed by atoms with Gasteiger partial charge in [-0.1, -0.05) is 11.6 Å². The first-order chi connectivity index (χ1) is 7.61. The highest BCUT2D eigenvalue weighted by Crippen LogP contribution is 2.23. The quantitative estimate of drug-likeness (QED) is 0.880. The molecule has 0 aliphatic heterocycles. The summed E-state index contributed by atoms with van der Waals surface area (Å²) in [5.74, 6) is 0.365. The number of nitriles is 1. The van der Waals surface area contributed by atoms with Crippen LogP contribution in [0.5, 0.6) is 0 Å². The van der Waals surface area contributed by atoms with E-state index in [2.05, 4.69) is 27.1 Å². The fraction of sp³-hybridized carbons (Fsp3) is 0. The van der Waals surface area contributed by atoms with Crippen molar-refractivity contribution in [3.63, 3.8) is 0 Å². The van der Waals surface area contributed by atoms with Gasteiger partial charge in [-0.25, -0.2) is 4.68 Å². The minimum absolute atomic E-state index is 0.365. The van der Waals surface area contributed by atoms with Gasteiger partial charge in [-0.2, -0.15) is 5.26 Å². The molecular weight excluding hydrogens is 291 g/mol. The lowest BCUT2D eigenvalue weighted by Crippen LogP contribution is -1.99. The summed E-state index contributed by atoms with van der Waals surface area (Å²) in [5, 5.41) is 13.6. The van der Waals surface area contributed by atoms with E-state index in [4.69, 9.17) is 22.6 Å². The lowest BCUT2D eigenvalue weighted by atomic mass is 10.2. The molecule has 0 saturated heterocycles. The third-order valence-corrected chi connectivity index (χ3v) is 2.87. The molecule has 0 spiro atoms. The van der Waals surface area contributed by atoms with Crippen molar-refractivity contribution in [3.05, 3.63) is 39.5 Å². The van der Waals surface area contributed by atoms with E-state index in [1.54, 1.807) is 24.4 Å². The minimum atomic E-state index is 0.365. The first-order valence-electron chi connectivity index (χ1n) is 4.32. The summed E-state index contributed by atoms with van der Waals surface area (Å²) in [6.45, 7) is 0. The van der Waals surface area contributed by atoms with Gasteiger partial charge >= 0.3 is 0 Å². The Morgan fingerprint density at radius 1 is 1.50 bits per heavy atom. The van der Waals surface area contributed by atoms with Crippen molar-refractivity contribution >= 4 is 33.3 Å². The summed E-state index contributed by atoms with van der Waals surface area (Å²) >= 11 is 9.13. The molecule has 1 aromatic carbocycles. The van der Waals surface area contributed by atoms with E-state index in [-0.39, 0.29) is 0 Å². The van der Waals surface area contributed by atoms with Crippen LogP contribution < -0.4 is 5.73 Å². The second kappa shape index (κ2) is 4.16. The van der Waals surface area contributed by atoms with Gasteiger partial charge < -0.3 is 5.73 Å². The molecule has 2 N–H and O–H groups in total. The third kappa shape index (κ3) is 1.90. The normalized spacial score (nSPS) is 10.1. The average Bonchev–Trinajstić information content (AvgIpc) is 2.59. The molecule has 6 heteroatoms. The molecule has 0 fully saturated rings. The average molecular weight is 298 g/mol. The predicted octanol–water partition coefficient (Wildman–Crippen LogP) is 2.74. The van der Waals surface area contributed by atoms with Crippen molar-refractivity contribution in [2.45, 2.75) is 0 Å². The van der Waals surface area contributed by atoms with Crippen LogP contribution in [-0.2, 0) is 0 Å². The van der Waals surface area contributed by atoms with Crippen LogP contribution in [0.2, 0.25) is 5.02 Å². The van der Waals surface area contributed by atoms with Crippen molar-refractivity contribution in [2.75, 3.05) is 5.73 Å². The summed E-state index contributed by atoms with van der Waals surface area (Å²) in [4.78, 5) is 0. The maximum absolute atomic E-state index is 8.97.